The first-order chi connectivity index (χ1) is 11.5. The number of sulfonamides is 1. The highest BCUT2D eigenvalue weighted by atomic mass is 32.2. The van der Waals surface area contributed by atoms with E-state index >= 15 is 0 Å². The quantitative estimate of drug-likeness (QED) is 0.755. The van der Waals surface area contributed by atoms with Crippen LogP contribution in [0.5, 0.6) is 0 Å². The van der Waals surface area contributed by atoms with Gasteiger partial charge in [0.05, 0.1) is 4.90 Å². The highest BCUT2D eigenvalue weighted by Crippen LogP contribution is 2.19. The lowest BCUT2D eigenvalue weighted by Gasteiger charge is -2.10. The number of benzene rings is 3. The monoisotopic (exact) mass is 341 g/mol. The smallest absolute Gasteiger partial charge is 0.261 e. The van der Waals surface area contributed by atoms with E-state index in [1.165, 1.54) is 12.1 Å². The van der Waals surface area contributed by atoms with Crippen molar-refractivity contribution in [2.24, 2.45) is 0 Å². The predicted molar refractivity (Wildman–Crippen MR) is 92.9 cm³/mol. The van der Waals surface area contributed by atoms with Gasteiger partial charge in [0, 0.05) is 5.69 Å². The second-order valence-corrected chi connectivity index (χ2v) is 7.10. The van der Waals surface area contributed by atoms with Crippen LogP contribution in [0, 0.1) is 5.82 Å². The molecule has 0 unspecified atom stereocenters. The van der Waals surface area contributed by atoms with Crippen molar-refractivity contribution >= 4 is 15.7 Å². The lowest BCUT2D eigenvalue weighted by atomic mass is 10.0. The van der Waals surface area contributed by atoms with Crippen molar-refractivity contribution in [2.75, 3.05) is 4.72 Å². The minimum absolute atomic E-state index is 0.0253. The summed E-state index contributed by atoms with van der Waals surface area (Å²) in [7, 11) is -3.74. The summed E-state index contributed by atoms with van der Waals surface area (Å²) in [6.45, 7) is 0. The van der Waals surface area contributed by atoms with Crippen molar-refractivity contribution < 1.29 is 12.8 Å². The summed E-state index contributed by atoms with van der Waals surface area (Å²) in [5.74, 6) is -0.473. The predicted octanol–water partition coefficient (Wildman–Crippen LogP) is 4.22. The van der Waals surface area contributed by atoms with Gasteiger partial charge in [0.1, 0.15) is 5.82 Å². The molecule has 0 bridgehead atoms. The Labute approximate surface area is 140 Å². The van der Waals surface area contributed by atoms with Gasteiger partial charge >= 0.3 is 0 Å². The van der Waals surface area contributed by atoms with Gasteiger partial charge in [-0.15, -0.1) is 0 Å². The van der Waals surface area contributed by atoms with Crippen LogP contribution in [0.2, 0.25) is 0 Å². The van der Waals surface area contributed by atoms with Gasteiger partial charge in [0.2, 0.25) is 0 Å². The summed E-state index contributed by atoms with van der Waals surface area (Å²) in [6.07, 6.45) is 0.715. The molecule has 0 spiro atoms. The molecule has 1 N–H and O–H groups in total. The Kier molecular flexibility index (Phi) is 4.62. The van der Waals surface area contributed by atoms with E-state index in [1.54, 1.807) is 18.2 Å². The van der Waals surface area contributed by atoms with Gasteiger partial charge in [-0.25, -0.2) is 12.8 Å². The molecule has 0 heterocycles. The van der Waals surface area contributed by atoms with Gasteiger partial charge in [-0.05, 0) is 53.9 Å². The van der Waals surface area contributed by atoms with Gasteiger partial charge < -0.3 is 0 Å². The number of nitrogens with one attached hydrogen (secondary N) is 1. The van der Waals surface area contributed by atoms with E-state index in [0.717, 1.165) is 23.3 Å². The van der Waals surface area contributed by atoms with E-state index in [0.29, 0.717) is 12.1 Å². The summed E-state index contributed by atoms with van der Waals surface area (Å²) in [4.78, 5) is 0.0253. The number of hydrogen-bond donors (Lipinski definition) is 1. The van der Waals surface area contributed by atoms with Crippen LogP contribution in [-0.4, -0.2) is 8.42 Å². The molecule has 0 amide bonds. The maximum Gasteiger partial charge on any atom is 0.261 e. The third kappa shape index (κ3) is 4.00. The lowest BCUT2D eigenvalue weighted by molar-refractivity contribution is 0.599. The summed E-state index contributed by atoms with van der Waals surface area (Å²) in [5.41, 5.74) is 2.63. The maximum atomic E-state index is 12.9. The molecule has 5 heteroatoms. The Bertz CT molecular complexity index is 923. The van der Waals surface area contributed by atoms with Gasteiger partial charge in [-0.1, -0.05) is 42.5 Å². The van der Waals surface area contributed by atoms with Gasteiger partial charge in [-0.2, -0.15) is 0 Å². The van der Waals surface area contributed by atoms with E-state index in [4.69, 9.17) is 0 Å². The highest BCUT2D eigenvalue weighted by molar-refractivity contribution is 7.92. The third-order valence-corrected chi connectivity index (χ3v) is 4.95. The SMILES string of the molecule is O=S(=O)(Nc1cccc(Cc2ccccc2)c1)c1ccc(F)cc1. The van der Waals surface area contributed by atoms with E-state index in [9.17, 15) is 12.8 Å². The van der Waals surface area contributed by atoms with Crippen LogP contribution in [0.4, 0.5) is 10.1 Å². The highest BCUT2D eigenvalue weighted by Gasteiger charge is 2.14. The number of rotatable bonds is 5. The van der Waals surface area contributed by atoms with Crippen molar-refractivity contribution in [3.05, 3.63) is 95.8 Å². The second-order valence-electron chi connectivity index (χ2n) is 5.42. The molecule has 3 rings (SSSR count). The average Bonchev–Trinajstić information content (AvgIpc) is 2.56. The molecule has 3 aromatic rings. The van der Waals surface area contributed by atoms with E-state index in [-0.39, 0.29) is 4.90 Å². The normalized spacial score (nSPS) is 11.2. The van der Waals surface area contributed by atoms with E-state index < -0.39 is 15.8 Å². The molecular formula is C19H16FNO2S. The Morgan fingerprint density at radius 3 is 2.17 bits per heavy atom. The summed E-state index contributed by atoms with van der Waals surface area (Å²) in [6, 6.07) is 21.9. The summed E-state index contributed by atoms with van der Waals surface area (Å²) >= 11 is 0. The third-order valence-electron chi connectivity index (χ3n) is 3.55. The molecule has 3 nitrogen and oxygen atoms in total. The summed E-state index contributed by atoms with van der Waals surface area (Å²) in [5, 5.41) is 0. The fourth-order valence-corrected chi connectivity index (χ4v) is 3.45. The Balaban J connectivity index is 1.80. The van der Waals surface area contributed by atoms with Crippen LogP contribution in [0.25, 0.3) is 0 Å². The summed E-state index contributed by atoms with van der Waals surface area (Å²) < 4.78 is 40.2. The molecule has 0 saturated carbocycles. The first-order valence-electron chi connectivity index (χ1n) is 7.44. The van der Waals surface area contributed by atoms with Gasteiger partial charge in [0.15, 0.2) is 0 Å². The van der Waals surface area contributed by atoms with Crippen molar-refractivity contribution in [2.45, 2.75) is 11.3 Å². The topological polar surface area (TPSA) is 46.2 Å². The van der Waals surface area contributed by atoms with Crippen molar-refractivity contribution in [3.63, 3.8) is 0 Å². The van der Waals surface area contributed by atoms with Crippen LogP contribution in [0.1, 0.15) is 11.1 Å². The Morgan fingerprint density at radius 1 is 0.792 bits per heavy atom. The molecular weight excluding hydrogens is 325 g/mol. The zero-order valence-corrected chi connectivity index (χ0v) is 13.6. The number of anilines is 1. The minimum atomic E-state index is -3.74. The standard InChI is InChI=1S/C19H16FNO2S/c20-17-9-11-19(12-10-17)24(22,23)21-18-8-4-7-16(14-18)13-15-5-2-1-3-6-15/h1-12,14,21H,13H2. The molecule has 0 aliphatic carbocycles. The maximum absolute atomic E-state index is 12.9. The van der Waals surface area contributed by atoms with Crippen LogP contribution < -0.4 is 4.72 Å². The van der Waals surface area contributed by atoms with Crippen molar-refractivity contribution in [1.29, 1.82) is 0 Å². The fraction of sp³-hybridized carbons (Fsp3) is 0.0526. The zero-order valence-electron chi connectivity index (χ0n) is 12.8. The molecule has 0 atom stereocenters. The second kappa shape index (κ2) is 6.84. The molecule has 0 fully saturated rings. The molecule has 24 heavy (non-hydrogen) atoms. The Hall–Kier alpha value is -2.66. The molecule has 0 saturated heterocycles. The average molecular weight is 341 g/mol. The van der Waals surface area contributed by atoms with Crippen LogP contribution in [-0.2, 0) is 16.4 Å². The molecule has 0 aromatic heterocycles. The van der Waals surface area contributed by atoms with Crippen LogP contribution in [0.15, 0.2) is 83.8 Å². The molecule has 122 valence electrons. The van der Waals surface area contributed by atoms with Crippen molar-refractivity contribution in [1.82, 2.24) is 0 Å². The first kappa shape index (κ1) is 16.2. The molecule has 0 aliphatic rings. The number of hydrogen-bond acceptors (Lipinski definition) is 2. The Morgan fingerprint density at radius 2 is 1.46 bits per heavy atom. The van der Waals surface area contributed by atoms with Gasteiger partial charge in [0.25, 0.3) is 10.0 Å². The van der Waals surface area contributed by atoms with E-state index in [2.05, 4.69) is 4.72 Å². The van der Waals surface area contributed by atoms with Gasteiger partial charge in [-0.3, -0.25) is 4.72 Å². The first-order valence-corrected chi connectivity index (χ1v) is 8.92. The van der Waals surface area contributed by atoms with E-state index in [1.807, 2.05) is 36.4 Å². The number of halogens is 1. The minimum Gasteiger partial charge on any atom is -0.280 e. The van der Waals surface area contributed by atoms with Crippen LogP contribution in [0.3, 0.4) is 0 Å². The molecule has 0 aliphatic heterocycles. The zero-order chi connectivity index (χ0) is 17.0. The lowest BCUT2D eigenvalue weighted by Crippen LogP contribution is -2.13. The molecule has 0 radical (unpaired) electrons. The fourth-order valence-electron chi connectivity index (χ4n) is 2.40. The largest absolute Gasteiger partial charge is 0.280 e. The van der Waals surface area contributed by atoms with Crippen LogP contribution >= 0.6 is 0 Å². The van der Waals surface area contributed by atoms with Crippen molar-refractivity contribution in [3.8, 4) is 0 Å². The molecule has 3 aromatic carbocycles.